The molecule has 2 unspecified atom stereocenters. The van der Waals surface area contributed by atoms with E-state index in [1.807, 2.05) is 0 Å². The summed E-state index contributed by atoms with van der Waals surface area (Å²) in [6.45, 7) is 4.42. The van der Waals surface area contributed by atoms with Crippen molar-refractivity contribution in [3.63, 3.8) is 0 Å². The summed E-state index contributed by atoms with van der Waals surface area (Å²) in [4.78, 5) is 11.9. The Kier molecular flexibility index (Phi) is 3.26. The van der Waals surface area contributed by atoms with E-state index in [4.69, 9.17) is 4.74 Å². The third-order valence-electron chi connectivity index (χ3n) is 3.27. The predicted octanol–water partition coefficient (Wildman–Crippen LogP) is 0.424. The second-order valence-electron chi connectivity index (χ2n) is 4.85. The Balaban J connectivity index is 1.85. The molecule has 4 nitrogen and oxygen atoms in total. The van der Waals surface area contributed by atoms with Gasteiger partial charge in [-0.3, -0.25) is 4.79 Å². The highest BCUT2D eigenvalue weighted by molar-refractivity contribution is 5.82. The molecule has 0 aromatic heterocycles. The summed E-state index contributed by atoms with van der Waals surface area (Å²) in [6, 6.07) is 0.0103. The monoisotopic (exact) mass is 212 g/mol. The van der Waals surface area contributed by atoms with Crippen LogP contribution < -0.4 is 10.6 Å². The molecule has 2 aliphatic heterocycles. The molecule has 0 radical (unpaired) electrons. The highest BCUT2D eigenvalue weighted by Gasteiger charge is 2.33. The summed E-state index contributed by atoms with van der Waals surface area (Å²) in [5, 5.41) is 6.36. The normalized spacial score (nSPS) is 36.5. The molecule has 2 heterocycles. The lowest BCUT2D eigenvalue weighted by Gasteiger charge is -2.29. The van der Waals surface area contributed by atoms with Gasteiger partial charge in [-0.2, -0.15) is 0 Å². The number of piperidine rings is 1. The van der Waals surface area contributed by atoms with Crippen LogP contribution in [0.5, 0.6) is 0 Å². The van der Waals surface area contributed by atoms with Crippen LogP contribution in [0.25, 0.3) is 0 Å². The molecule has 2 fully saturated rings. The molecule has 15 heavy (non-hydrogen) atoms. The molecule has 0 aromatic rings. The Bertz CT molecular complexity index is 231. The summed E-state index contributed by atoms with van der Waals surface area (Å²) >= 11 is 0. The molecule has 2 atom stereocenters. The van der Waals surface area contributed by atoms with Crippen LogP contribution in [-0.4, -0.2) is 37.2 Å². The van der Waals surface area contributed by atoms with Crippen LogP contribution in [0.1, 0.15) is 32.6 Å². The number of carbonyl (C=O) groups excluding carboxylic acids is 1. The zero-order valence-corrected chi connectivity index (χ0v) is 9.34. The van der Waals surface area contributed by atoms with Crippen molar-refractivity contribution >= 4 is 5.91 Å². The van der Waals surface area contributed by atoms with Gasteiger partial charge in [-0.15, -0.1) is 0 Å². The van der Waals surface area contributed by atoms with Gasteiger partial charge in [0.25, 0.3) is 0 Å². The fourth-order valence-electron chi connectivity index (χ4n) is 2.23. The molecular weight excluding hydrogens is 192 g/mol. The lowest BCUT2D eigenvalue weighted by atomic mass is 9.99. The first-order valence-corrected chi connectivity index (χ1v) is 5.83. The molecule has 2 rings (SSSR count). The third kappa shape index (κ3) is 2.69. The molecule has 86 valence electrons. The van der Waals surface area contributed by atoms with Crippen molar-refractivity contribution in [3.05, 3.63) is 0 Å². The van der Waals surface area contributed by atoms with Crippen LogP contribution >= 0.6 is 0 Å². The van der Waals surface area contributed by atoms with Gasteiger partial charge in [0, 0.05) is 6.61 Å². The van der Waals surface area contributed by atoms with Crippen molar-refractivity contribution in [3.8, 4) is 0 Å². The largest absolute Gasteiger partial charge is 0.379 e. The molecule has 0 aliphatic carbocycles. The molecular formula is C11H20N2O2. The van der Waals surface area contributed by atoms with Gasteiger partial charge in [0.1, 0.15) is 0 Å². The number of rotatable bonds is 2. The maximum atomic E-state index is 11.9. The van der Waals surface area contributed by atoms with E-state index in [2.05, 4.69) is 17.6 Å². The average Bonchev–Trinajstić information content (AvgIpc) is 2.66. The molecule has 4 heteroatoms. The van der Waals surface area contributed by atoms with Crippen molar-refractivity contribution in [2.24, 2.45) is 0 Å². The maximum absolute atomic E-state index is 11.9. The standard InChI is InChI=1S/C11H20N2O2/c1-11(5-7-15-8-11)13-10(14)9-4-2-3-6-12-9/h9,12H,2-8H2,1H3,(H,13,14). The quantitative estimate of drug-likeness (QED) is 0.697. The molecule has 0 bridgehead atoms. The highest BCUT2D eigenvalue weighted by Crippen LogP contribution is 2.18. The smallest absolute Gasteiger partial charge is 0.237 e. The van der Waals surface area contributed by atoms with Gasteiger partial charge in [-0.25, -0.2) is 0 Å². The molecule has 0 spiro atoms. The Labute approximate surface area is 90.8 Å². The van der Waals surface area contributed by atoms with Crippen molar-refractivity contribution in [2.75, 3.05) is 19.8 Å². The molecule has 2 N–H and O–H groups in total. The summed E-state index contributed by atoms with van der Waals surface area (Å²) < 4.78 is 5.31. The van der Waals surface area contributed by atoms with E-state index < -0.39 is 0 Å². The maximum Gasteiger partial charge on any atom is 0.237 e. The highest BCUT2D eigenvalue weighted by atomic mass is 16.5. The minimum absolute atomic E-state index is 0.0103. The zero-order valence-electron chi connectivity index (χ0n) is 9.34. The summed E-state index contributed by atoms with van der Waals surface area (Å²) in [6.07, 6.45) is 4.22. The summed E-state index contributed by atoms with van der Waals surface area (Å²) in [5.41, 5.74) is -0.143. The Morgan fingerprint density at radius 2 is 2.40 bits per heavy atom. The Morgan fingerprint density at radius 3 is 3.00 bits per heavy atom. The molecule has 0 aromatic carbocycles. The van der Waals surface area contributed by atoms with Crippen LogP contribution in [0.2, 0.25) is 0 Å². The number of hydrogen-bond donors (Lipinski definition) is 2. The number of amides is 1. The van der Waals surface area contributed by atoms with E-state index in [1.54, 1.807) is 0 Å². The van der Waals surface area contributed by atoms with E-state index in [0.29, 0.717) is 6.61 Å². The number of hydrogen-bond acceptors (Lipinski definition) is 3. The first-order chi connectivity index (χ1) is 7.20. The van der Waals surface area contributed by atoms with E-state index in [1.165, 1.54) is 6.42 Å². The number of nitrogens with one attached hydrogen (secondary N) is 2. The first-order valence-electron chi connectivity index (χ1n) is 5.83. The van der Waals surface area contributed by atoms with Crippen molar-refractivity contribution in [1.82, 2.24) is 10.6 Å². The average molecular weight is 212 g/mol. The number of ether oxygens (including phenoxy) is 1. The van der Waals surface area contributed by atoms with Crippen molar-refractivity contribution in [2.45, 2.75) is 44.2 Å². The minimum Gasteiger partial charge on any atom is -0.379 e. The van der Waals surface area contributed by atoms with Crippen LogP contribution in [0, 0.1) is 0 Å². The molecule has 1 amide bonds. The predicted molar refractivity (Wildman–Crippen MR) is 57.6 cm³/mol. The SMILES string of the molecule is CC1(NC(=O)C2CCCCN2)CCOC1. The lowest BCUT2D eigenvalue weighted by molar-refractivity contribution is -0.125. The third-order valence-corrected chi connectivity index (χ3v) is 3.27. The van der Waals surface area contributed by atoms with Gasteiger partial charge < -0.3 is 15.4 Å². The zero-order chi connectivity index (χ0) is 10.7. The summed E-state index contributed by atoms with van der Waals surface area (Å²) in [7, 11) is 0. The first kappa shape index (κ1) is 10.9. The van der Waals surface area contributed by atoms with Gasteiger partial charge >= 0.3 is 0 Å². The lowest BCUT2D eigenvalue weighted by Crippen LogP contribution is -2.54. The van der Waals surface area contributed by atoms with E-state index >= 15 is 0 Å². The second kappa shape index (κ2) is 4.49. The molecule has 0 saturated carbocycles. The fraction of sp³-hybridized carbons (Fsp3) is 0.909. The van der Waals surface area contributed by atoms with E-state index in [9.17, 15) is 4.79 Å². The van der Waals surface area contributed by atoms with Gasteiger partial charge in [-0.05, 0) is 32.7 Å². The minimum atomic E-state index is -0.143. The second-order valence-corrected chi connectivity index (χ2v) is 4.85. The molecule has 2 aliphatic rings. The van der Waals surface area contributed by atoms with Crippen LogP contribution in [-0.2, 0) is 9.53 Å². The fourth-order valence-corrected chi connectivity index (χ4v) is 2.23. The van der Waals surface area contributed by atoms with Gasteiger partial charge in [0.05, 0.1) is 18.2 Å². The van der Waals surface area contributed by atoms with Crippen LogP contribution in [0.15, 0.2) is 0 Å². The number of carbonyl (C=O) groups is 1. The van der Waals surface area contributed by atoms with Crippen LogP contribution in [0.4, 0.5) is 0 Å². The van der Waals surface area contributed by atoms with Crippen molar-refractivity contribution in [1.29, 1.82) is 0 Å². The van der Waals surface area contributed by atoms with E-state index in [0.717, 1.165) is 32.4 Å². The van der Waals surface area contributed by atoms with Crippen molar-refractivity contribution < 1.29 is 9.53 Å². The van der Waals surface area contributed by atoms with Crippen LogP contribution in [0.3, 0.4) is 0 Å². The molecule has 2 saturated heterocycles. The van der Waals surface area contributed by atoms with E-state index in [-0.39, 0.29) is 17.5 Å². The Hall–Kier alpha value is -0.610. The van der Waals surface area contributed by atoms with Gasteiger partial charge in [0.2, 0.25) is 5.91 Å². The van der Waals surface area contributed by atoms with Gasteiger partial charge in [0.15, 0.2) is 0 Å². The Morgan fingerprint density at radius 1 is 1.53 bits per heavy atom. The topological polar surface area (TPSA) is 50.4 Å². The van der Waals surface area contributed by atoms with Gasteiger partial charge in [-0.1, -0.05) is 6.42 Å². The summed E-state index contributed by atoms with van der Waals surface area (Å²) in [5.74, 6) is 0.141.